The van der Waals surface area contributed by atoms with Crippen LogP contribution >= 0.6 is 23.3 Å². The van der Waals surface area contributed by atoms with E-state index in [1.807, 2.05) is 0 Å². The third-order valence-electron chi connectivity index (χ3n) is 4.24. The molecule has 0 amide bonds. The van der Waals surface area contributed by atoms with Crippen molar-refractivity contribution < 1.29 is 0 Å². The Morgan fingerprint density at radius 1 is 0.526 bits per heavy atom. The Balaban J connectivity index is 0. The van der Waals surface area contributed by atoms with Gasteiger partial charge in [-0.05, 0) is 0 Å². The van der Waals surface area contributed by atoms with Gasteiger partial charge in [-0.1, -0.05) is 0 Å². The van der Waals surface area contributed by atoms with E-state index in [0.717, 1.165) is 0 Å². The number of hydrogen-bond acceptors (Lipinski definition) is 2. The van der Waals surface area contributed by atoms with Crippen LogP contribution in [0.5, 0.6) is 0 Å². The van der Waals surface area contributed by atoms with Crippen molar-refractivity contribution in [3.8, 4) is 0 Å². The van der Waals surface area contributed by atoms with E-state index in [-0.39, 0.29) is 0 Å². The van der Waals surface area contributed by atoms with Crippen LogP contribution in [-0.2, 0) is 0 Å². The molecule has 0 atom stereocenters. The van der Waals surface area contributed by atoms with Gasteiger partial charge in [0.15, 0.2) is 0 Å². The molecule has 0 aliphatic heterocycles. The van der Waals surface area contributed by atoms with Crippen LogP contribution in [0.1, 0.15) is 79.1 Å². The van der Waals surface area contributed by atoms with Crippen molar-refractivity contribution >= 4 is 41.7 Å². The van der Waals surface area contributed by atoms with Crippen molar-refractivity contribution in [1.29, 1.82) is 0 Å². The van der Waals surface area contributed by atoms with Crippen molar-refractivity contribution in [2.24, 2.45) is 0 Å². The second-order valence-corrected chi connectivity index (χ2v) is 20.2. The van der Waals surface area contributed by atoms with Crippen LogP contribution < -0.4 is 0 Å². The minimum atomic E-state index is -1.69. The van der Waals surface area contributed by atoms with Crippen molar-refractivity contribution in [2.75, 3.05) is 0 Å². The second-order valence-electron chi connectivity index (χ2n) is 5.91. The SMILES string of the molecule is CCC[CH2][Sn]([CH2]CCC)([CH2]CCC)[CH2]CCC.SS. The first-order valence-electron chi connectivity index (χ1n) is 8.44. The van der Waals surface area contributed by atoms with Gasteiger partial charge in [0.25, 0.3) is 0 Å². The van der Waals surface area contributed by atoms with E-state index < -0.39 is 18.4 Å². The topological polar surface area (TPSA) is 0 Å². The molecule has 0 aliphatic carbocycles. The molecule has 0 aromatic carbocycles. The quantitative estimate of drug-likeness (QED) is 0.186. The fraction of sp³-hybridized carbons (Fsp3) is 1.00. The average Bonchev–Trinajstić information content (AvgIpc) is 2.48. The average molecular weight is 413 g/mol. The van der Waals surface area contributed by atoms with Crippen molar-refractivity contribution in [1.82, 2.24) is 0 Å². The molecule has 0 saturated carbocycles. The minimum absolute atomic E-state index is 1.42. The summed E-state index contributed by atoms with van der Waals surface area (Å²) < 4.78 is 6.80. The molecule has 0 spiro atoms. The largest absolute Gasteiger partial charge is 0.115 e. The molecule has 0 nitrogen and oxygen atoms in total. The molecule has 19 heavy (non-hydrogen) atoms. The molecule has 3 heteroatoms. The standard InChI is InChI=1S/4C4H9.H2S2.Sn/c4*1-3-4-2;1-2;/h4*1,3-4H2,2H3;1-2H;. The van der Waals surface area contributed by atoms with Gasteiger partial charge in [-0.25, -0.2) is 0 Å². The summed E-state index contributed by atoms with van der Waals surface area (Å²) in [5.74, 6) is 0. The van der Waals surface area contributed by atoms with Crippen LogP contribution in [0.3, 0.4) is 0 Å². The summed E-state index contributed by atoms with van der Waals surface area (Å²) in [6.07, 6.45) is 11.8. The maximum absolute atomic E-state index is 3.22. The van der Waals surface area contributed by atoms with E-state index in [2.05, 4.69) is 51.0 Å². The Morgan fingerprint density at radius 3 is 0.895 bits per heavy atom. The molecule has 0 unspecified atom stereocenters. The molecule has 0 aromatic rings. The van der Waals surface area contributed by atoms with Crippen molar-refractivity contribution in [3.05, 3.63) is 0 Å². The van der Waals surface area contributed by atoms with Crippen LogP contribution in [0.2, 0.25) is 17.7 Å². The van der Waals surface area contributed by atoms with Gasteiger partial charge in [0.1, 0.15) is 0 Å². The first kappa shape index (κ1) is 22.8. The van der Waals surface area contributed by atoms with Crippen molar-refractivity contribution in [3.63, 3.8) is 0 Å². The molecule has 0 fully saturated rings. The maximum Gasteiger partial charge on any atom is -0.115 e. The summed E-state index contributed by atoms with van der Waals surface area (Å²) in [6, 6.07) is 0. The van der Waals surface area contributed by atoms with E-state index >= 15 is 0 Å². The third-order valence-corrected chi connectivity index (χ3v) is 20.4. The first-order valence-corrected chi connectivity index (χ1v) is 18.1. The zero-order valence-electron chi connectivity index (χ0n) is 13.9. The zero-order chi connectivity index (χ0) is 15.0. The number of hydrogen-bond donors (Lipinski definition) is 2. The molecule has 0 N–H and O–H groups in total. The molecule has 0 bridgehead atoms. The summed E-state index contributed by atoms with van der Waals surface area (Å²) in [7, 11) is 0. The van der Waals surface area contributed by atoms with E-state index in [4.69, 9.17) is 0 Å². The Morgan fingerprint density at radius 2 is 0.737 bits per heavy atom. The van der Waals surface area contributed by atoms with E-state index in [1.165, 1.54) is 51.4 Å². The van der Waals surface area contributed by atoms with Gasteiger partial charge in [0, 0.05) is 0 Å². The Bertz CT molecular complexity index is 125. The van der Waals surface area contributed by atoms with Crippen LogP contribution in [-0.4, -0.2) is 18.4 Å². The van der Waals surface area contributed by atoms with E-state index in [1.54, 1.807) is 17.7 Å². The first-order chi connectivity index (χ1) is 9.24. The Hall–Kier alpha value is 1.50. The summed E-state index contributed by atoms with van der Waals surface area (Å²) in [4.78, 5) is 0. The second kappa shape index (κ2) is 17.5. The van der Waals surface area contributed by atoms with E-state index in [0.29, 0.717) is 0 Å². The van der Waals surface area contributed by atoms with Crippen LogP contribution in [0.4, 0.5) is 0 Å². The van der Waals surface area contributed by atoms with Gasteiger partial charge in [-0.15, -0.1) is 23.3 Å². The smallest absolute Gasteiger partial charge is 0.115 e. The van der Waals surface area contributed by atoms with Gasteiger partial charge in [-0.2, -0.15) is 0 Å². The minimum Gasteiger partial charge on any atom is -0.115 e. The monoisotopic (exact) mass is 414 g/mol. The molecule has 0 aliphatic rings. The molecule has 118 valence electrons. The Kier molecular flexibility index (Phi) is 21.0. The van der Waals surface area contributed by atoms with Crippen LogP contribution in [0.15, 0.2) is 0 Å². The molecular formula is C16H38S2Sn. The number of thiol groups is 2. The molecule has 0 saturated heterocycles. The fourth-order valence-corrected chi connectivity index (χ4v) is 19.8. The van der Waals surface area contributed by atoms with Gasteiger partial charge in [0.05, 0.1) is 0 Å². The van der Waals surface area contributed by atoms with Crippen molar-refractivity contribution in [2.45, 2.75) is 96.8 Å². The summed E-state index contributed by atoms with van der Waals surface area (Å²) in [6.45, 7) is 9.48. The van der Waals surface area contributed by atoms with Crippen LogP contribution in [0, 0.1) is 0 Å². The van der Waals surface area contributed by atoms with Gasteiger partial charge >= 0.3 is 115 Å². The molecule has 0 heterocycles. The predicted molar refractivity (Wildman–Crippen MR) is 103 cm³/mol. The van der Waals surface area contributed by atoms with Gasteiger partial charge in [0.2, 0.25) is 0 Å². The number of unbranched alkanes of at least 4 members (excludes halogenated alkanes) is 4. The number of rotatable bonds is 12. The Labute approximate surface area is 138 Å². The fourth-order valence-electron chi connectivity index (χ4n) is 2.96. The van der Waals surface area contributed by atoms with Crippen LogP contribution in [0.25, 0.3) is 0 Å². The predicted octanol–water partition coefficient (Wildman–Crippen LogP) is 7.40. The molecule has 0 radical (unpaired) electrons. The molecular weight excluding hydrogens is 375 g/mol. The summed E-state index contributed by atoms with van der Waals surface area (Å²) in [5.41, 5.74) is 0. The maximum atomic E-state index is 3.22. The summed E-state index contributed by atoms with van der Waals surface area (Å²) in [5, 5.41) is 0. The molecule has 0 rings (SSSR count). The normalized spacial score (nSPS) is 11.1. The third kappa shape index (κ3) is 12.9. The van der Waals surface area contributed by atoms with E-state index in [9.17, 15) is 0 Å². The summed E-state index contributed by atoms with van der Waals surface area (Å²) >= 11 is 4.75. The van der Waals surface area contributed by atoms with Gasteiger partial charge in [-0.3, -0.25) is 0 Å². The van der Waals surface area contributed by atoms with Gasteiger partial charge < -0.3 is 0 Å². The zero-order valence-corrected chi connectivity index (χ0v) is 18.5. The molecule has 0 aromatic heterocycles.